The number of amides is 2. The third-order valence-corrected chi connectivity index (χ3v) is 3.72. The monoisotopic (exact) mass is 308 g/mol. The molecule has 2 aliphatic heterocycles. The van der Waals surface area contributed by atoms with E-state index in [1.807, 2.05) is 0 Å². The molecule has 1 saturated heterocycles. The van der Waals surface area contributed by atoms with Gasteiger partial charge in [-0.3, -0.25) is 9.80 Å². The van der Waals surface area contributed by atoms with Gasteiger partial charge >= 0.3 is 12.2 Å². The van der Waals surface area contributed by atoms with Crippen LogP contribution in [0.25, 0.3) is 0 Å². The second-order valence-electron chi connectivity index (χ2n) is 5.26. The summed E-state index contributed by atoms with van der Waals surface area (Å²) in [7, 11) is 0. The zero-order chi connectivity index (χ0) is 15.9. The third-order valence-electron chi connectivity index (χ3n) is 3.72. The third kappa shape index (κ3) is 2.31. The van der Waals surface area contributed by atoms with E-state index in [0.717, 1.165) is 0 Å². The van der Waals surface area contributed by atoms with Gasteiger partial charge in [-0.2, -0.15) is 0 Å². The van der Waals surface area contributed by atoms with Gasteiger partial charge in [-0.05, 0) is 19.1 Å². The van der Waals surface area contributed by atoms with E-state index in [9.17, 15) is 14.7 Å². The van der Waals surface area contributed by atoms with Gasteiger partial charge in [0.1, 0.15) is 18.5 Å². The summed E-state index contributed by atoms with van der Waals surface area (Å²) in [5.74, 6) is 0.401. The Balaban J connectivity index is 1.92. The number of carbonyl (C=O) groups is 2. The van der Waals surface area contributed by atoms with E-state index in [1.54, 1.807) is 25.1 Å². The Morgan fingerprint density at radius 1 is 1.45 bits per heavy atom. The van der Waals surface area contributed by atoms with Crippen LogP contribution in [0.2, 0.25) is 0 Å². The van der Waals surface area contributed by atoms with Crippen LogP contribution in [0.5, 0.6) is 5.75 Å². The Morgan fingerprint density at radius 2 is 2.23 bits per heavy atom. The van der Waals surface area contributed by atoms with E-state index in [1.165, 1.54) is 9.80 Å². The maximum absolute atomic E-state index is 11.8. The molecule has 3 rings (SSSR count). The number of nitrogens with zero attached hydrogens (tertiary/aromatic N) is 2. The number of hydrogen-bond acceptors (Lipinski definition) is 5. The van der Waals surface area contributed by atoms with E-state index in [2.05, 4.69) is 0 Å². The fourth-order valence-corrected chi connectivity index (χ4v) is 2.63. The van der Waals surface area contributed by atoms with Gasteiger partial charge < -0.3 is 19.7 Å². The number of benzene rings is 1. The van der Waals surface area contributed by atoms with Crippen molar-refractivity contribution in [3.8, 4) is 5.75 Å². The van der Waals surface area contributed by atoms with Gasteiger partial charge in [0.25, 0.3) is 0 Å². The van der Waals surface area contributed by atoms with Crippen molar-refractivity contribution in [2.75, 3.05) is 29.6 Å². The van der Waals surface area contributed by atoms with Crippen molar-refractivity contribution in [2.24, 2.45) is 0 Å². The number of aliphatic hydroxyl groups excluding tert-OH is 1. The maximum Gasteiger partial charge on any atom is 0.414 e. The zero-order valence-electron chi connectivity index (χ0n) is 11.9. The number of fused-ring (bicyclic) bond motifs is 1. The van der Waals surface area contributed by atoms with Gasteiger partial charge in [0.2, 0.25) is 0 Å². The normalized spacial score (nSPS) is 23.8. The lowest BCUT2D eigenvalue weighted by Crippen LogP contribution is -2.44. The quantitative estimate of drug-likeness (QED) is 0.853. The van der Waals surface area contributed by atoms with Gasteiger partial charge in [0.15, 0.2) is 0 Å². The van der Waals surface area contributed by atoms with Crippen LogP contribution in [0.4, 0.5) is 21.0 Å². The lowest BCUT2D eigenvalue weighted by molar-refractivity contribution is 0.0963. The zero-order valence-corrected chi connectivity index (χ0v) is 11.9. The molecule has 0 spiro atoms. The first-order chi connectivity index (χ1) is 10.5. The predicted octanol–water partition coefficient (Wildman–Crippen LogP) is 1.27. The minimum absolute atomic E-state index is 0.242. The van der Waals surface area contributed by atoms with Crippen molar-refractivity contribution >= 4 is 23.6 Å². The van der Waals surface area contributed by atoms with Crippen molar-refractivity contribution in [1.82, 2.24) is 0 Å². The Labute approximate surface area is 126 Å². The minimum atomic E-state index is -1.05. The van der Waals surface area contributed by atoms with Crippen LogP contribution < -0.4 is 14.5 Å². The van der Waals surface area contributed by atoms with E-state index in [0.29, 0.717) is 17.1 Å². The fourth-order valence-electron chi connectivity index (χ4n) is 2.63. The molecule has 8 heteroatoms. The predicted molar refractivity (Wildman–Crippen MR) is 76.6 cm³/mol. The molecule has 0 saturated carbocycles. The van der Waals surface area contributed by atoms with Crippen LogP contribution in [-0.4, -0.2) is 54.3 Å². The summed E-state index contributed by atoms with van der Waals surface area (Å²) in [5.41, 5.74) is 0.987. The molecular formula is C14H16N2O6. The average Bonchev–Trinajstić information content (AvgIpc) is 2.87. The SMILES string of the molecule is CC1COc2cc(N3C[C@H](CO)OC3=O)ccc2N1C(=O)O. The summed E-state index contributed by atoms with van der Waals surface area (Å²) in [4.78, 5) is 25.8. The molecule has 1 aromatic rings. The molecule has 1 aromatic carbocycles. The number of aliphatic hydroxyl groups is 1. The highest BCUT2D eigenvalue weighted by Crippen LogP contribution is 2.38. The van der Waals surface area contributed by atoms with E-state index >= 15 is 0 Å². The first-order valence-electron chi connectivity index (χ1n) is 6.89. The Hall–Kier alpha value is -2.48. The number of cyclic esters (lactones) is 1. The number of rotatable bonds is 2. The smallest absolute Gasteiger partial charge is 0.414 e. The van der Waals surface area contributed by atoms with Crippen LogP contribution in [0.3, 0.4) is 0 Å². The molecule has 1 fully saturated rings. The summed E-state index contributed by atoms with van der Waals surface area (Å²) in [6, 6.07) is 4.56. The fraction of sp³-hybridized carbons (Fsp3) is 0.429. The van der Waals surface area contributed by atoms with Gasteiger partial charge in [-0.15, -0.1) is 0 Å². The first-order valence-corrected chi connectivity index (χ1v) is 6.89. The Bertz CT molecular complexity index is 619. The molecule has 22 heavy (non-hydrogen) atoms. The summed E-state index contributed by atoms with van der Waals surface area (Å²) in [6.07, 6.45) is -2.15. The first kappa shape index (κ1) is 14.5. The van der Waals surface area contributed by atoms with Gasteiger partial charge in [-0.1, -0.05) is 0 Å². The second-order valence-corrected chi connectivity index (χ2v) is 5.26. The molecule has 2 N–H and O–H groups in total. The molecule has 0 aromatic heterocycles. The number of carboxylic acid groups (broad SMARTS) is 1. The Morgan fingerprint density at radius 3 is 2.86 bits per heavy atom. The molecule has 0 bridgehead atoms. The molecular weight excluding hydrogens is 292 g/mol. The van der Waals surface area contributed by atoms with E-state index in [4.69, 9.17) is 14.6 Å². The van der Waals surface area contributed by atoms with Crippen LogP contribution >= 0.6 is 0 Å². The number of hydrogen-bond donors (Lipinski definition) is 2. The topological polar surface area (TPSA) is 99.5 Å². The Kier molecular flexibility index (Phi) is 3.53. The van der Waals surface area contributed by atoms with Crippen molar-refractivity contribution in [1.29, 1.82) is 0 Å². The molecule has 1 unspecified atom stereocenters. The summed E-state index contributed by atoms with van der Waals surface area (Å²) < 4.78 is 10.6. The standard InChI is InChI=1S/C14H16N2O6/c1-8-7-21-12-4-9(2-3-11(12)16(8)13(18)19)15-5-10(6-17)22-14(15)20/h2-4,8,10,17H,5-7H2,1H3,(H,18,19)/t8?,10-/m1/s1. The summed E-state index contributed by atoms with van der Waals surface area (Å²) in [6.45, 7) is 2.00. The van der Waals surface area contributed by atoms with Crippen molar-refractivity contribution < 1.29 is 29.3 Å². The number of ether oxygens (including phenoxy) is 2. The molecule has 118 valence electrons. The molecule has 2 amide bonds. The van der Waals surface area contributed by atoms with Crippen LogP contribution in [-0.2, 0) is 4.74 Å². The average molecular weight is 308 g/mol. The molecule has 2 atom stereocenters. The van der Waals surface area contributed by atoms with Crippen LogP contribution in [0.15, 0.2) is 18.2 Å². The van der Waals surface area contributed by atoms with Crippen LogP contribution in [0.1, 0.15) is 6.92 Å². The number of anilines is 2. The van der Waals surface area contributed by atoms with Crippen molar-refractivity contribution in [2.45, 2.75) is 19.1 Å². The minimum Gasteiger partial charge on any atom is -0.489 e. The number of carbonyl (C=O) groups excluding carboxylic acids is 1. The molecule has 0 radical (unpaired) electrons. The van der Waals surface area contributed by atoms with E-state index < -0.39 is 18.3 Å². The molecule has 2 aliphatic rings. The van der Waals surface area contributed by atoms with Gasteiger partial charge in [-0.25, -0.2) is 9.59 Å². The lowest BCUT2D eigenvalue weighted by Gasteiger charge is -2.33. The summed E-state index contributed by atoms with van der Waals surface area (Å²) in [5, 5.41) is 18.4. The summed E-state index contributed by atoms with van der Waals surface area (Å²) >= 11 is 0. The van der Waals surface area contributed by atoms with Gasteiger partial charge in [0, 0.05) is 6.07 Å². The maximum atomic E-state index is 11.8. The molecule has 8 nitrogen and oxygen atoms in total. The lowest BCUT2D eigenvalue weighted by atomic mass is 10.1. The highest BCUT2D eigenvalue weighted by molar-refractivity contribution is 5.93. The van der Waals surface area contributed by atoms with Crippen LogP contribution in [0, 0.1) is 0 Å². The van der Waals surface area contributed by atoms with Crippen molar-refractivity contribution in [3.05, 3.63) is 18.2 Å². The second kappa shape index (κ2) is 5.38. The largest absolute Gasteiger partial charge is 0.489 e. The highest BCUT2D eigenvalue weighted by Gasteiger charge is 2.34. The molecule has 0 aliphatic carbocycles. The van der Waals surface area contributed by atoms with E-state index in [-0.39, 0.29) is 25.8 Å². The van der Waals surface area contributed by atoms with Crippen molar-refractivity contribution in [3.63, 3.8) is 0 Å². The molecule has 2 heterocycles. The van der Waals surface area contributed by atoms with Gasteiger partial charge in [0.05, 0.1) is 30.6 Å². The highest BCUT2D eigenvalue weighted by atomic mass is 16.6.